The summed E-state index contributed by atoms with van der Waals surface area (Å²) in [6.45, 7) is 4.33. The molecule has 0 aromatic heterocycles. The number of amides is 2. The molecule has 0 heterocycles. The predicted molar refractivity (Wildman–Crippen MR) is 94.8 cm³/mol. The monoisotopic (exact) mass is 348 g/mol. The highest BCUT2D eigenvalue weighted by Crippen LogP contribution is 2.25. The quantitative estimate of drug-likeness (QED) is 0.780. The largest absolute Gasteiger partial charge is 0.497 e. The molecule has 0 aliphatic rings. The third-order valence-electron chi connectivity index (χ3n) is 3.49. The van der Waals surface area contributed by atoms with E-state index in [1.54, 1.807) is 7.11 Å². The molecular formula is C18H21ClN2O3. The van der Waals surface area contributed by atoms with Crippen molar-refractivity contribution in [1.29, 1.82) is 0 Å². The Balaban J connectivity index is 1.75. The summed E-state index contributed by atoms with van der Waals surface area (Å²) in [5.41, 5.74) is 2.86. The molecule has 2 aromatic rings. The number of benzene rings is 2. The first kappa shape index (κ1) is 17.9. The minimum atomic E-state index is -0.298. The van der Waals surface area contributed by atoms with Crippen LogP contribution in [0, 0.1) is 13.8 Å². The van der Waals surface area contributed by atoms with E-state index < -0.39 is 0 Å². The van der Waals surface area contributed by atoms with Crippen LogP contribution in [0.5, 0.6) is 11.5 Å². The van der Waals surface area contributed by atoms with Crippen LogP contribution in [0.1, 0.15) is 16.7 Å². The smallest absolute Gasteiger partial charge is 0.317 e. The van der Waals surface area contributed by atoms with Gasteiger partial charge in [0.05, 0.1) is 7.11 Å². The summed E-state index contributed by atoms with van der Waals surface area (Å²) in [7, 11) is 1.62. The van der Waals surface area contributed by atoms with E-state index in [2.05, 4.69) is 10.6 Å². The zero-order valence-electron chi connectivity index (χ0n) is 14.0. The third-order valence-corrected chi connectivity index (χ3v) is 4.09. The SMILES string of the molecule is COc1ccc(CNC(=O)NCOc2cc(C)c(Cl)c(C)c2)cc1. The minimum Gasteiger partial charge on any atom is -0.497 e. The van der Waals surface area contributed by atoms with Gasteiger partial charge in [-0.2, -0.15) is 0 Å². The first-order valence-corrected chi connectivity index (χ1v) is 7.91. The Bertz CT molecular complexity index is 679. The van der Waals surface area contributed by atoms with E-state index in [1.807, 2.05) is 50.2 Å². The topological polar surface area (TPSA) is 59.6 Å². The highest BCUT2D eigenvalue weighted by Gasteiger charge is 2.05. The number of halogens is 1. The summed E-state index contributed by atoms with van der Waals surface area (Å²) in [5, 5.41) is 6.14. The maximum Gasteiger partial charge on any atom is 0.317 e. The van der Waals surface area contributed by atoms with E-state index in [0.29, 0.717) is 12.3 Å². The van der Waals surface area contributed by atoms with Gasteiger partial charge in [0.25, 0.3) is 0 Å². The molecule has 2 N–H and O–H groups in total. The number of methoxy groups -OCH3 is 1. The lowest BCUT2D eigenvalue weighted by atomic mass is 10.1. The van der Waals surface area contributed by atoms with Gasteiger partial charge in [-0.15, -0.1) is 0 Å². The molecule has 2 rings (SSSR count). The molecule has 0 bridgehead atoms. The molecule has 0 fully saturated rings. The second kappa shape index (κ2) is 8.45. The molecule has 0 radical (unpaired) electrons. The molecule has 0 spiro atoms. The molecule has 0 unspecified atom stereocenters. The van der Waals surface area contributed by atoms with E-state index in [1.165, 1.54) is 0 Å². The van der Waals surface area contributed by atoms with Gasteiger partial charge in [0.15, 0.2) is 6.73 Å². The van der Waals surface area contributed by atoms with Gasteiger partial charge in [-0.3, -0.25) is 0 Å². The standard InChI is InChI=1S/C18H21ClN2O3/c1-12-8-16(9-13(2)17(12)19)24-11-21-18(22)20-10-14-4-6-15(23-3)7-5-14/h4-9H,10-11H2,1-3H3,(H2,20,21,22). The molecule has 0 saturated carbocycles. The Labute approximate surface area is 146 Å². The molecule has 5 nitrogen and oxygen atoms in total. The van der Waals surface area contributed by atoms with Crippen molar-refractivity contribution in [2.24, 2.45) is 0 Å². The van der Waals surface area contributed by atoms with Gasteiger partial charge >= 0.3 is 6.03 Å². The number of hydrogen-bond donors (Lipinski definition) is 2. The second-order valence-corrected chi connectivity index (χ2v) is 5.75. The van der Waals surface area contributed by atoms with Gasteiger partial charge in [-0.1, -0.05) is 23.7 Å². The maximum atomic E-state index is 11.8. The Kier molecular flexibility index (Phi) is 6.32. The van der Waals surface area contributed by atoms with Crippen LogP contribution in [0.4, 0.5) is 4.79 Å². The lowest BCUT2D eigenvalue weighted by molar-refractivity contribution is 0.223. The molecule has 6 heteroatoms. The van der Waals surface area contributed by atoms with Crippen molar-refractivity contribution in [3.05, 3.63) is 58.1 Å². The number of carbonyl (C=O) groups excluding carboxylic acids is 1. The lowest BCUT2D eigenvalue weighted by Crippen LogP contribution is -2.37. The number of urea groups is 1. The molecule has 0 aliphatic heterocycles. The second-order valence-electron chi connectivity index (χ2n) is 5.37. The van der Waals surface area contributed by atoms with Crippen LogP contribution in [0.2, 0.25) is 5.02 Å². The van der Waals surface area contributed by atoms with E-state index in [0.717, 1.165) is 27.5 Å². The number of rotatable bonds is 6. The van der Waals surface area contributed by atoms with Crippen LogP contribution in [0.25, 0.3) is 0 Å². The number of carbonyl (C=O) groups is 1. The van der Waals surface area contributed by atoms with Crippen LogP contribution >= 0.6 is 11.6 Å². The third kappa shape index (κ3) is 5.06. The zero-order valence-corrected chi connectivity index (χ0v) is 14.7. The summed E-state index contributed by atoms with van der Waals surface area (Å²) in [5.74, 6) is 1.45. The van der Waals surface area contributed by atoms with Crippen molar-refractivity contribution >= 4 is 17.6 Å². The Morgan fingerprint density at radius 2 is 1.67 bits per heavy atom. The average Bonchev–Trinajstić information content (AvgIpc) is 2.58. The van der Waals surface area contributed by atoms with E-state index in [4.69, 9.17) is 21.1 Å². The van der Waals surface area contributed by atoms with Gasteiger partial charge < -0.3 is 20.1 Å². The highest BCUT2D eigenvalue weighted by atomic mass is 35.5. The summed E-state index contributed by atoms with van der Waals surface area (Å²) < 4.78 is 10.6. The first-order valence-electron chi connectivity index (χ1n) is 7.54. The minimum absolute atomic E-state index is 0.0783. The molecular weight excluding hydrogens is 328 g/mol. The molecule has 2 amide bonds. The van der Waals surface area contributed by atoms with E-state index in [-0.39, 0.29) is 12.8 Å². The summed E-state index contributed by atoms with van der Waals surface area (Å²) >= 11 is 6.11. The first-order chi connectivity index (χ1) is 11.5. The van der Waals surface area contributed by atoms with Gasteiger partial charge in [-0.25, -0.2) is 4.79 Å². The van der Waals surface area contributed by atoms with Crippen LogP contribution in [0.15, 0.2) is 36.4 Å². The number of aryl methyl sites for hydroxylation is 2. The Morgan fingerprint density at radius 3 is 2.25 bits per heavy atom. The maximum absolute atomic E-state index is 11.8. The van der Waals surface area contributed by atoms with Crippen molar-refractivity contribution in [3.63, 3.8) is 0 Å². The van der Waals surface area contributed by atoms with Crippen LogP contribution < -0.4 is 20.1 Å². The fourth-order valence-electron chi connectivity index (χ4n) is 2.16. The Hall–Kier alpha value is -2.40. The van der Waals surface area contributed by atoms with Gasteiger partial charge in [-0.05, 0) is 54.8 Å². The molecule has 128 valence electrons. The van der Waals surface area contributed by atoms with Crippen LogP contribution in [0.3, 0.4) is 0 Å². The van der Waals surface area contributed by atoms with Gasteiger partial charge in [0.2, 0.25) is 0 Å². The highest BCUT2D eigenvalue weighted by molar-refractivity contribution is 6.32. The van der Waals surface area contributed by atoms with Crippen molar-refractivity contribution < 1.29 is 14.3 Å². The number of ether oxygens (including phenoxy) is 2. The van der Waals surface area contributed by atoms with Crippen molar-refractivity contribution in [3.8, 4) is 11.5 Å². The fraction of sp³-hybridized carbons (Fsp3) is 0.278. The number of hydrogen-bond acceptors (Lipinski definition) is 3. The van der Waals surface area contributed by atoms with Crippen LogP contribution in [-0.4, -0.2) is 19.9 Å². The Morgan fingerprint density at radius 1 is 1.04 bits per heavy atom. The molecule has 0 saturated heterocycles. The van der Waals surface area contributed by atoms with Crippen LogP contribution in [-0.2, 0) is 6.54 Å². The van der Waals surface area contributed by atoms with Crippen molar-refractivity contribution in [2.45, 2.75) is 20.4 Å². The van der Waals surface area contributed by atoms with Gasteiger partial charge in [0.1, 0.15) is 11.5 Å². The number of nitrogens with one attached hydrogen (secondary N) is 2. The van der Waals surface area contributed by atoms with Crippen molar-refractivity contribution in [1.82, 2.24) is 10.6 Å². The normalized spacial score (nSPS) is 10.2. The predicted octanol–water partition coefficient (Wildman–Crippen LogP) is 3.80. The lowest BCUT2D eigenvalue weighted by Gasteiger charge is -2.11. The molecule has 0 atom stereocenters. The van der Waals surface area contributed by atoms with Gasteiger partial charge in [0, 0.05) is 11.6 Å². The summed E-state index contributed by atoms with van der Waals surface area (Å²) in [6.07, 6.45) is 0. The average molecular weight is 349 g/mol. The molecule has 24 heavy (non-hydrogen) atoms. The van der Waals surface area contributed by atoms with Crippen molar-refractivity contribution in [2.75, 3.05) is 13.8 Å². The van der Waals surface area contributed by atoms with E-state index >= 15 is 0 Å². The van der Waals surface area contributed by atoms with E-state index in [9.17, 15) is 4.79 Å². The molecule has 2 aromatic carbocycles. The summed E-state index contributed by atoms with van der Waals surface area (Å²) in [6, 6.07) is 10.9. The molecule has 0 aliphatic carbocycles. The summed E-state index contributed by atoms with van der Waals surface area (Å²) in [4.78, 5) is 11.8. The fourth-order valence-corrected chi connectivity index (χ4v) is 2.27. The zero-order chi connectivity index (χ0) is 17.5.